The van der Waals surface area contributed by atoms with Crippen LogP contribution in [-0.2, 0) is 6.42 Å². The molecule has 0 atom stereocenters. The van der Waals surface area contributed by atoms with Crippen LogP contribution in [0.4, 0.5) is 5.69 Å². The van der Waals surface area contributed by atoms with Gasteiger partial charge in [-0.2, -0.15) is 0 Å². The van der Waals surface area contributed by atoms with Crippen molar-refractivity contribution < 1.29 is 14.2 Å². The Kier molecular flexibility index (Phi) is 5.86. The molecule has 2 aliphatic heterocycles. The number of piperazine rings is 1. The molecule has 0 unspecified atom stereocenters. The normalized spacial score (nSPS) is 18.2. The summed E-state index contributed by atoms with van der Waals surface area (Å²) in [5.74, 6) is 2.77. The number of ether oxygens (including phenoxy) is 3. The number of benzene rings is 2. The molecule has 1 saturated heterocycles. The van der Waals surface area contributed by atoms with Crippen LogP contribution in [-0.4, -0.2) is 56.9 Å². The Labute approximate surface area is 174 Å². The number of nitrogens with zero attached hydrogens (tertiary/aromatic N) is 2. The van der Waals surface area contributed by atoms with Crippen LogP contribution in [0.2, 0.25) is 0 Å². The summed E-state index contributed by atoms with van der Waals surface area (Å²) < 4.78 is 17.7. The molecule has 4 rings (SSSR count). The molecule has 2 heterocycles. The Morgan fingerprint density at radius 1 is 0.966 bits per heavy atom. The number of para-hydroxylation sites is 3. The highest BCUT2D eigenvalue weighted by Gasteiger charge is 2.32. The average Bonchev–Trinajstić information content (AvgIpc) is 3.06. The standard InChI is InChI=1S/C24H32N2O3/c1-24(2)18-19-8-6-11-22(23(19)29-24)28-17-7-12-25-13-15-26(16-14-25)20-9-4-5-10-21(20)27-3/h4-6,8-11H,7,12-18H2,1-3H3. The summed E-state index contributed by atoms with van der Waals surface area (Å²) in [6.07, 6.45) is 1.96. The maximum Gasteiger partial charge on any atom is 0.165 e. The van der Waals surface area contributed by atoms with Crippen molar-refractivity contribution in [3.8, 4) is 17.2 Å². The van der Waals surface area contributed by atoms with Crippen LogP contribution in [0, 0.1) is 0 Å². The van der Waals surface area contributed by atoms with E-state index in [0.717, 1.165) is 62.8 Å². The lowest BCUT2D eigenvalue weighted by molar-refractivity contribution is 0.131. The second-order valence-corrected chi connectivity index (χ2v) is 8.49. The molecule has 2 aromatic rings. The van der Waals surface area contributed by atoms with Crippen molar-refractivity contribution in [1.29, 1.82) is 0 Å². The van der Waals surface area contributed by atoms with Gasteiger partial charge in [-0.15, -0.1) is 0 Å². The number of anilines is 1. The van der Waals surface area contributed by atoms with Gasteiger partial charge in [0.25, 0.3) is 0 Å². The molecule has 0 spiro atoms. The van der Waals surface area contributed by atoms with Crippen LogP contribution >= 0.6 is 0 Å². The van der Waals surface area contributed by atoms with Crippen molar-refractivity contribution in [2.24, 2.45) is 0 Å². The fraction of sp³-hybridized carbons (Fsp3) is 0.500. The number of hydrogen-bond acceptors (Lipinski definition) is 5. The average molecular weight is 397 g/mol. The third kappa shape index (κ3) is 4.61. The summed E-state index contributed by atoms with van der Waals surface area (Å²) in [5.41, 5.74) is 2.31. The third-order valence-corrected chi connectivity index (χ3v) is 5.73. The molecule has 0 saturated carbocycles. The van der Waals surface area contributed by atoms with Crippen LogP contribution < -0.4 is 19.1 Å². The largest absolute Gasteiger partial charge is 0.495 e. The Hall–Kier alpha value is -2.40. The number of fused-ring (bicyclic) bond motifs is 1. The lowest BCUT2D eigenvalue weighted by Gasteiger charge is -2.36. The molecule has 0 aliphatic carbocycles. The first-order valence-electron chi connectivity index (χ1n) is 10.6. The molecule has 0 radical (unpaired) electrons. The van der Waals surface area contributed by atoms with Crippen molar-refractivity contribution in [3.05, 3.63) is 48.0 Å². The van der Waals surface area contributed by atoms with Crippen LogP contribution in [0.3, 0.4) is 0 Å². The Balaban J connectivity index is 1.22. The van der Waals surface area contributed by atoms with Gasteiger partial charge in [-0.1, -0.05) is 24.3 Å². The first-order chi connectivity index (χ1) is 14.1. The van der Waals surface area contributed by atoms with E-state index in [1.807, 2.05) is 18.2 Å². The topological polar surface area (TPSA) is 34.2 Å². The molecule has 2 aliphatic rings. The summed E-state index contributed by atoms with van der Waals surface area (Å²) in [6, 6.07) is 14.5. The zero-order valence-electron chi connectivity index (χ0n) is 17.8. The molecule has 0 bridgehead atoms. The van der Waals surface area contributed by atoms with Crippen molar-refractivity contribution in [2.75, 3.05) is 51.3 Å². The summed E-state index contributed by atoms with van der Waals surface area (Å²) in [4.78, 5) is 4.93. The van der Waals surface area contributed by atoms with E-state index in [2.05, 4.69) is 47.9 Å². The van der Waals surface area contributed by atoms with Crippen LogP contribution in [0.5, 0.6) is 17.2 Å². The second-order valence-electron chi connectivity index (χ2n) is 8.49. The molecule has 0 amide bonds. The van der Waals surface area contributed by atoms with Crippen molar-refractivity contribution >= 4 is 5.69 Å². The minimum absolute atomic E-state index is 0.136. The van der Waals surface area contributed by atoms with Crippen molar-refractivity contribution in [3.63, 3.8) is 0 Å². The predicted octanol–water partition coefficient (Wildman–Crippen LogP) is 4.00. The van der Waals surface area contributed by atoms with E-state index in [4.69, 9.17) is 14.2 Å². The minimum Gasteiger partial charge on any atom is -0.495 e. The third-order valence-electron chi connectivity index (χ3n) is 5.73. The van der Waals surface area contributed by atoms with Gasteiger partial charge in [0.1, 0.15) is 11.4 Å². The molecule has 1 fully saturated rings. The molecule has 2 aromatic carbocycles. The maximum atomic E-state index is 6.09. The van der Waals surface area contributed by atoms with Gasteiger partial charge in [0.05, 0.1) is 19.4 Å². The summed E-state index contributed by atoms with van der Waals surface area (Å²) in [5, 5.41) is 0. The zero-order chi connectivity index (χ0) is 20.3. The molecular weight excluding hydrogens is 364 g/mol. The monoisotopic (exact) mass is 396 g/mol. The van der Waals surface area contributed by atoms with E-state index in [0.29, 0.717) is 6.61 Å². The lowest BCUT2D eigenvalue weighted by Crippen LogP contribution is -2.46. The van der Waals surface area contributed by atoms with Gasteiger partial charge < -0.3 is 19.1 Å². The quantitative estimate of drug-likeness (QED) is 0.661. The minimum atomic E-state index is -0.136. The van der Waals surface area contributed by atoms with Gasteiger partial charge in [0, 0.05) is 44.7 Å². The molecule has 156 valence electrons. The first kappa shape index (κ1) is 19.9. The molecular formula is C24H32N2O3. The van der Waals surface area contributed by atoms with Gasteiger partial charge in [0.15, 0.2) is 11.5 Å². The van der Waals surface area contributed by atoms with Crippen LogP contribution in [0.25, 0.3) is 0 Å². The number of rotatable bonds is 7. The fourth-order valence-corrected chi connectivity index (χ4v) is 4.27. The summed E-state index contributed by atoms with van der Waals surface area (Å²) in [6.45, 7) is 10.2. The maximum absolute atomic E-state index is 6.09. The fourth-order valence-electron chi connectivity index (χ4n) is 4.27. The SMILES string of the molecule is COc1ccccc1N1CCN(CCCOc2cccc3c2OC(C)(C)C3)CC1. The van der Waals surface area contributed by atoms with E-state index in [-0.39, 0.29) is 5.60 Å². The Morgan fingerprint density at radius 2 is 1.72 bits per heavy atom. The van der Waals surface area contributed by atoms with E-state index < -0.39 is 0 Å². The molecule has 5 nitrogen and oxygen atoms in total. The van der Waals surface area contributed by atoms with Gasteiger partial charge in [0.2, 0.25) is 0 Å². The van der Waals surface area contributed by atoms with Crippen LogP contribution in [0.1, 0.15) is 25.8 Å². The Bertz CT molecular complexity index is 829. The van der Waals surface area contributed by atoms with Gasteiger partial charge in [-0.3, -0.25) is 4.90 Å². The Morgan fingerprint density at radius 3 is 2.52 bits per heavy atom. The van der Waals surface area contributed by atoms with E-state index in [1.165, 1.54) is 11.3 Å². The molecule has 29 heavy (non-hydrogen) atoms. The number of methoxy groups -OCH3 is 1. The first-order valence-corrected chi connectivity index (χ1v) is 10.6. The van der Waals surface area contributed by atoms with Gasteiger partial charge >= 0.3 is 0 Å². The van der Waals surface area contributed by atoms with E-state index >= 15 is 0 Å². The summed E-state index contributed by atoms with van der Waals surface area (Å²) >= 11 is 0. The highest BCUT2D eigenvalue weighted by atomic mass is 16.5. The summed E-state index contributed by atoms with van der Waals surface area (Å²) in [7, 11) is 1.74. The molecule has 0 aromatic heterocycles. The highest BCUT2D eigenvalue weighted by molar-refractivity contribution is 5.58. The lowest BCUT2D eigenvalue weighted by atomic mass is 10.0. The zero-order valence-corrected chi connectivity index (χ0v) is 17.8. The van der Waals surface area contributed by atoms with Crippen molar-refractivity contribution in [1.82, 2.24) is 4.90 Å². The van der Waals surface area contributed by atoms with E-state index in [9.17, 15) is 0 Å². The molecule has 0 N–H and O–H groups in total. The highest BCUT2D eigenvalue weighted by Crippen LogP contribution is 2.41. The molecule has 5 heteroatoms. The van der Waals surface area contributed by atoms with Gasteiger partial charge in [-0.05, 0) is 38.5 Å². The number of hydrogen-bond donors (Lipinski definition) is 0. The van der Waals surface area contributed by atoms with Crippen molar-refractivity contribution in [2.45, 2.75) is 32.3 Å². The van der Waals surface area contributed by atoms with Crippen LogP contribution in [0.15, 0.2) is 42.5 Å². The van der Waals surface area contributed by atoms with E-state index in [1.54, 1.807) is 7.11 Å². The predicted molar refractivity (Wildman–Crippen MR) is 117 cm³/mol. The second kappa shape index (κ2) is 8.54. The smallest absolute Gasteiger partial charge is 0.165 e. The van der Waals surface area contributed by atoms with Gasteiger partial charge in [-0.25, -0.2) is 0 Å².